The molecule has 0 spiro atoms. The minimum absolute atomic E-state index is 0.115. The summed E-state index contributed by atoms with van der Waals surface area (Å²) in [5.74, 6) is 0.914. The quantitative estimate of drug-likeness (QED) is 0.497. The van der Waals surface area contributed by atoms with Crippen LogP contribution in [0.1, 0.15) is 24.2 Å². The van der Waals surface area contributed by atoms with Crippen LogP contribution in [-0.4, -0.2) is 32.0 Å². The van der Waals surface area contributed by atoms with Gasteiger partial charge < -0.3 is 20.3 Å². The average molecular weight is 432 g/mol. The molecular weight excluding hydrogens is 402 g/mol. The van der Waals surface area contributed by atoms with Gasteiger partial charge in [-0.15, -0.1) is 0 Å². The zero-order valence-corrected chi connectivity index (χ0v) is 18.7. The Morgan fingerprint density at radius 1 is 0.906 bits per heavy atom. The lowest BCUT2D eigenvalue weighted by Crippen LogP contribution is -2.26. The first-order valence-electron chi connectivity index (χ1n) is 10.6. The molecule has 0 aliphatic rings. The van der Waals surface area contributed by atoms with Crippen molar-refractivity contribution in [3.8, 4) is 5.75 Å². The molecule has 0 aliphatic carbocycles. The maximum absolute atomic E-state index is 12.7. The second-order valence-corrected chi connectivity index (χ2v) is 7.91. The van der Waals surface area contributed by atoms with Gasteiger partial charge in [0.25, 0.3) is 5.91 Å². The lowest BCUT2D eigenvalue weighted by Gasteiger charge is -2.17. The van der Waals surface area contributed by atoms with Gasteiger partial charge in [-0.05, 0) is 54.4 Å². The second kappa shape index (κ2) is 11.0. The molecule has 3 aromatic rings. The Balaban J connectivity index is 1.51. The van der Waals surface area contributed by atoms with Crippen LogP contribution in [0.2, 0.25) is 0 Å². The molecule has 0 radical (unpaired) electrons. The summed E-state index contributed by atoms with van der Waals surface area (Å²) in [4.78, 5) is 26.6. The van der Waals surface area contributed by atoms with Crippen molar-refractivity contribution in [1.29, 1.82) is 0 Å². The Labute approximate surface area is 189 Å². The molecule has 0 unspecified atom stereocenters. The van der Waals surface area contributed by atoms with Crippen LogP contribution in [0.25, 0.3) is 0 Å². The molecule has 0 saturated heterocycles. The fourth-order valence-electron chi connectivity index (χ4n) is 3.00. The molecule has 0 aromatic heterocycles. The molecule has 2 amide bonds. The van der Waals surface area contributed by atoms with Gasteiger partial charge in [0.1, 0.15) is 5.75 Å². The van der Waals surface area contributed by atoms with E-state index in [2.05, 4.69) is 24.5 Å². The summed E-state index contributed by atoms with van der Waals surface area (Å²) < 4.78 is 5.71. The molecule has 6 nitrogen and oxygen atoms in total. The van der Waals surface area contributed by atoms with E-state index in [0.29, 0.717) is 23.8 Å². The lowest BCUT2D eigenvalue weighted by molar-refractivity contribution is -0.114. The van der Waals surface area contributed by atoms with Crippen molar-refractivity contribution >= 4 is 28.9 Å². The summed E-state index contributed by atoms with van der Waals surface area (Å²) >= 11 is 0. The smallest absolute Gasteiger partial charge is 0.258 e. The molecular formula is C26H29N3O3. The third-order valence-electron chi connectivity index (χ3n) is 4.73. The van der Waals surface area contributed by atoms with Gasteiger partial charge in [-0.3, -0.25) is 9.59 Å². The zero-order valence-electron chi connectivity index (χ0n) is 18.7. The molecule has 0 heterocycles. The molecule has 32 heavy (non-hydrogen) atoms. The maximum atomic E-state index is 12.7. The van der Waals surface area contributed by atoms with E-state index in [1.807, 2.05) is 54.6 Å². The van der Waals surface area contributed by atoms with Crippen molar-refractivity contribution in [3.63, 3.8) is 0 Å². The van der Waals surface area contributed by atoms with Crippen LogP contribution < -0.4 is 20.3 Å². The van der Waals surface area contributed by atoms with E-state index in [1.54, 1.807) is 36.2 Å². The minimum atomic E-state index is -0.181. The van der Waals surface area contributed by atoms with Crippen LogP contribution in [0.15, 0.2) is 78.9 Å². The molecule has 0 bridgehead atoms. The van der Waals surface area contributed by atoms with Gasteiger partial charge in [-0.2, -0.15) is 0 Å². The summed E-state index contributed by atoms with van der Waals surface area (Å²) in [6.07, 6.45) is 0. The fourth-order valence-corrected chi connectivity index (χ4v) is 3.00. The van der Waals surface area contributed by atoms with Crippen molar-refractivity contribution in [2.45, 2.75) is 13.8 Å². The van der Waals surface area contributed by atoms with Gasteiger partial charge in [-0.1, -0.05) is 38.1 Å². The molecule has 0 fully saturated rings. The van der Waals surface area contributed by atoms with Gasteiger partial charge in [0.15, 0.2) is 0 Å². The maximum Gasteiger partial charge on any atom is 0.258 e. The Kier molecular flexibility index (Phi) is 7.86. The van der Waals surface area contributed by atoms with Gasteiger partial charge in [0.05, 0.1) is 13.2 Å². The van der Waals surface area contributed by atoms with Crippen molar-refractivity contribution in [3.05, 3.63) is 84.4 Å². The zero-order chi connectivity index (χ0) is 22.9. The third-order valence-corrected chi connectivity index (χ3v) is 4.73. The van der Waals surface area contributed by atoms with Crippen LogP contribution in [0.3, 0.4) is 0 Å². The van der Waals surface area contributed by atoms with Gasteiger partial charge in [0, 0.05) is 35.7 Å². The van der Waals surface area contributed by atoms with E-state index in [9.17, 15) is 9.59 Å². The molecule has 166 valence electrons. The van der Waals surface area contributed by atoms with E-state index in [-0.39, 0.29) is 18.4 Å². The Morgan fingerprint density at radius 3 is 2.31 bits per heavy atom. The SMILES string of the molecule is CC(C)COc1cccc(NCC(=O)Nc2ccc(C(=O)N(C)c3ccccc3)cc2)c1. The summed E-state index contributed by atoms with van der Waals surface area (Å²) in [5, 5.41) is 5.94. The Bertz CT molecular complexity index is 1030. The number of ether oxygens (including phenoxy) is 1. The molecule has 3 rings (SSSR count). The fraction of sp³-hybridized carbons (Fsp3) is 0.231. The van der Waals surface area contributed by atoms with Gasteiger partial charge in [0.2, 0.25) is 5.91 Å². The second-order valence-electron chi connectivity index (χ2n) is 7.91. The van der Waals surface area contributed by atoms with Crippen molar-refractivity contribution in [1.82, 2.24) is 0 Å². The Morgan fingerprint density at radius 2 is 1.62 bits per heavy atom. The molecule has 2 N–H and O–H groups in total. The highest BCUT2D eigenvalue weighted by Crippen LogP contribution is 2.19. The Hall–Kier alpha value is -3.80. The van der Waals surface area contributed by atoms with Crippen LogP contribution in [0, 0.1) is 5.92 Å². The van der Waals surface area contributed by atoms with Crippen LogP contribution in [0.4, 0.5) is 17.1 Å². The predicted molar refractivity (Wildman–Crippen MR) is 130 cm³/mol. The average Bonchev–Trinajstić information content (AvgIpc) is 2.82. The topological polar surface area (TPSA) is 70.7 Å². The van der Waals surface area contributed by atoms with E-state index in [0.717, 1.165) is 17.1 Å². The van der Waals surface area contributed by atoms with Gasteiger partial charge in [-0.25, -0.2) is 0 Å². The molecule has 0 atom stereocenters. The number of hydrogen-bond donors (Lipinski definition) is 2. The van der Waals surface area contributed by atoms with E-state index in [1.165, 1.54) is 0 Å². The van der Waals surface area contributed by atoms with E-state index >= 15 is 0 Å². The number of carbonyl (C=O) groups is 2. The summed E-state index contributed by atoms with van der Waals surface area (Å²) in [6, 6.07) is 23.9. The highest BCUT2D eigenvalue weighted by Gasteiger charge is 2.13. The highest BCUT2D eigenvalue weighted by molar-refractivity contribution is 6.06. The highest BCUT2D eigenvalue weighted by atomic mass is 16.5. The molecule has 0 saturated carbocycles. The third kappa shape index (κ3) is 6.60. The van der Waals surface area contributed by atoms with Crippen LogP contribution in [-0.2, 0) is 4.79 Å². The minimum Gasteiger partial charge on any atom is -0.493 e. The normalized spacial score (nSPS) is 10.5. The summed E-state index contributed by atoms with van der Waals surface area (Å²) in [5.41, 5.74) is 2.81. The molecule has 3 aromatic carbocycles. The summed E-state index contributed by atoms with van der Waals surface area (Å²) in [6.45, 7) is 4.95. The number of rotatable bonds is 9. The van der Waals surface area contributed by atoms with Crippen molar-refractivity contribution in [2.75, 3.05) is 35.7 Å². The number of amides is 2. The number of hydrogen-bond acceptors (Lipinski definition) is 4. The lowest BCUT2D eigenvalue weighted by atomic mass is 10.1. The van der Waals surface area contributed by atoms with Crippen molar-refractivity contribution < 1.29 is 14.3 Å². The predicted octanol–water partition coefficient (Wildman–Crippen LogP) is 5.05. The largest absolute Gasteiger partial charge is 0.493 e. The molecule has 0 aliphatic heterocycles. The first kappa shape index (κ1) is 22.9. The first-order chi connectivity index (χ1) is 15.4. The van der Waals surface area contributed by atoms with E-state index in [4.69, 9.17) is 4.74 Å². The van der Waals surface area contributed by atoms with Gasteiger partial charge >= 0.3 is 0 Å². The number of carbonyl (C=O) groups excluding carboxylic acids is 2. The number of para-hydroxylation sites is 1. The molecule has 6 heteroatoms. The van der Waals surface area contributed by atoms with Crippen LogP contribution >= 0.6 is 0 Å². The van der Waals surface area contributed by atoms with Crippen LogP contribution in [0.5, 0.6) is 5.75 Å². The standard InChI is InChI=1S/C26H29N3O3/c1-19(2)18-32-24-11-7-8-22(16-24)27-17-25(30)28-21-14-12-20(13-15-21)26(31)29(3)23-9-5-4-6-10-23/h4-16,19,27H,17-18H2,1-3H3,(H,28,30). The monoisotopic (exact) mass is 431 g/mol. The summed E-state index contributed by atoms with van der Waals surface area (Å²) in [7, 11) is 1.74. The first-order valence-corrected chi connectivity index (χ1v) is 10.6. The number of nitrogens with one attached hydrogen (secondary N) is 2. The number of nitrogens with zero attached hydrogens (tertiary/aromatic N) is 1. The number of benzene rings is 3. The number of anilines is 3. The van der Waals surface area contributed by atoms with E-state index < -0.39 is 0 Å². The van der Waals surface area contributed by atoms with Crippen molar-refractivity contribution in [2.24, 2.45) is 5.92 Å².